The van der Waals surface area contributed by atoms with E-state index in [2.05, 4.69) is 0 Å². The Morgan fingerprint density at radius 2 is 1.81 bits per heavy atom. The fourth-order valence-corrected chi connectivity index (χ4v) is 4.97. The zero-order valence-electron chi connectivity index (χ0n) is 15.5. The molecule has 0 aliphatic carbocycles. The van der Waals surface area contributed by atoms with Gasteiger partial charge in [0.15, 0.2) is 0 Å². The number of ether oxygens (including phenoxy) is 1. The van der Waals surface area contributed by atoms with E-state index in [0.29, 0.717) is 26.3 Å². The number of benzene rings is 1. The molecular formula is C21H24N2O3S. The maximum Gasteiger partial charge on any atom is 0.264 e. The van der Waals surface area contributed by atoms with Crippen LogP contribution in [0.2, 0.25) is 0 Å². The Balaban J connectivity index is 1.53. The lowest BCUT2D eigenvalue weighted by molar-refractivity contribution is 0.0306. The molecular weight excluding hydrogens is 360 g/mol. The van der Waals surface area contributed by atoms with Gasteiger partial charge in [0.05, 0.1) is 24.1 Å². The van der Waals surface area contributed by atoms with Crippen molar-refractivity contribution in [2.24, 2.45) is 0 Å². The first-order valence-electron chi connectivity index (χ1n) is 9.48. The predicted molar refractivity (Wildman–Crippen MR) is 105 cm³/mol. The first-order valence-corrected chi connectivity index (χ1v) is 10.3. The molecule has 2 aliphatic rings. The molecule has 0 unspecified atom stereocenters. The van der Waals surface area contributed by atoms with Gasteiger partial charge in [0.25, 0.3) is 11.8 Å². The average molecular weight is 385 g/mol. The molecule has 1 atom stereocenters. The summed E-state index contributed by atoms with van der Waals surface area (Å²) in [4.78, 5) is 31.5. The molecule has 2 aromatic rings. The molecule has 142 valence electrons. The molecule has 1 aromatic heterocycles. The highest BCUT2D eigenvalue weighted by Gasteiger charge is 2.32. The number of nitrogens with zero attached hydrogens (tertiary/aromatic N) is 2. The van der Waals surface area contributed by atoms with E-state index in [0.717, 1.165) is 40.3 Å². The number of aryl methyl sites for hydroxylation is 1. The summed E-state index contributed by atoms with van der Waals surface area (Å²) in [6.07, 6.45) is 1.94. The highest BCUT2D eigenvalue weighted by Crippen LogP contribution is 2.37. The van der Waals surface area contributed by atoms with E-state index in [1.54, 1.807) is 0 Å². The van der Waals surface area contributed by atoms with Crippen LogP contribution in [0.15, 0.2) is 36.4 Å². The van der Waals surface area contributed by atoms with Crippen molar-refractivity contribution in [2.45, 2.75) is 25.8 Å². The van der Waals surface area contributed by atoms with Crippen LogP contribution in [-0.4, -0.2) is 54.5 Å². The number of amides is 2. The monoisotopic (exact) mass is 384 g/mol. The van der Waals surface area contributed by atoms with E-state index in [1.807, 2.05) is 53.1 Å². The second kappa shape index (κ2) is 7.82. The quantitative estimate of drug-likeness (QED) is 0.814. The standard InChI is InChI=1S/C21H24N2O3S/c1-15-5-2-3-6-16(15)20(24)23-10-4-7-17(23)18-8-9-19(27-18)21(25)22-11-13-26-14-12-22/h2-3,5-6,8-9,17H,4,7,10-14H2,1H3/t17-/m1/s1. The van der Waals surface area contributed by atoms with Crippen LogP contribution >= 0.6 is 11.3 Å². The predicted octanol–water partition coefficient (Wildman–Crippen LogP) is 3.51. The first-order chi connectivity index (χ1) is 13.1. The third kappa shape index (κ3) is 3.64. The van der Waals surface area contributed by atoms with E-state index in [1.165, 1.54) is 11.3 Å². The Morgan fingerprint density at radius 3 is 2.59 bits per heavy atom. The number of carbonyl (C=O) groups is 2. The van der Waals surface area contributed by atoms with Gasteiger partial charge in [-0.1, -0.05) is 18.2 Å². The fourth-order valence-electron chi connectivity index (χ4n) is 3.84. The molecule has 2 fully saturated rings. The number of hydrogen-bond acceptors (Lipinski definition) is 4. The number of likely N-dealkylation sites (tertiary alicyclic amines) is 1. The lowest BCUT2D eigenvalue weighted by Crippen LogP contribution is -2.40. The first kappa shape index (κ1) is 18.2. The van der Waals surface area contributed by atoms with E-state index in [9.17, 15) is 9.59 Å². The topological polar surface area (TPSA) is 49.9 Å². The number of thiophene rings is 1. The minimum atomic E-state index is 0.0633. The average Bonchev–Trinajstić information content (AvgIpc) is 3.37. The molecule has 4 rings (SSSR count). The molecule has 5 nitrogen and oxygen atoms in total. The van der Waals surface area contributed by atoms with Gasteiger partial charge in [0, 0.05) is 30.1 Å². The Bertz CT molecular complexity index is 841. The second-order valence-corrected chi connectivity index (χ2v) is 8.19. The van der Waals surface area contributed by atoms with Gasteiger partial charge in [-0.15, -0.1) is 11.3 Å². The number of morpholine rings is 1. The number of rotatable bonds is 3. The van der Waals surface area contributed by atoms with Gasteiger partial charge in [-0.05, 0) is 43.5 Å². The van der Waals surface area contributed by atoms with Crippen molar-refractivity contribution in [3.8, 4) is 0 Å². The molecule has 0 saturated carbocycles. The van der Waals surface area contributed by atoms with Crippen molar-refractivity contribution in [2.75, 3.05) is 32.8 Å². The maximum absolute atomic E-state index is 13.1. The highest BCUT2D eigenvalue weighted by molar-refractivity contribution is 7.14. The molecule has 3 heterocycles. The Labute approximate surface area is 163 Å². The van der Waals surface area contributed by atoms with Crippen molar-refractivity contribution < 1.29 is 14.3 Å². The third-order valence-corrected chi connectivity index (χ3v) is 6.53. The minimum Gasteiger partial charge on any atom is -0.378 e. The molecule has 0 bridgehead atoms. The van der Waals surface area contributed by atoms with Crippen LogP contribution < -0.4 is 0 Å². The van der Waals surface area contributed by atoms with Crippen molar-refractivity contribution in [1.82, 2.24) is 9.80 Å². The van der Waals surface area contributed by atoms with Crippen LogP contribution in [0.5, 0.6) is 0 Å². The van der Waals surface area contributed by atoms with Crippen molar-refractivity contribution in [1.29, 1.82) is 0 Å². The van der Waals surface area contributed by atoms with E-state index in [4.69, 9.17) is 4.74 Å². The van der Waals surface area contributed by atoms with Gasteiger partial charge in [0.2, 0.25) is 0 Å². The van der Waals surface area contributed by atoms with Gasteiger partial charge in [-0.2, -0.15) is 0 Å². The summed E-state index contributed by atoms with van der Waals surface area (Å²) in [5.74, 6) is 0.161. The molecule has 0 radical (unpaired) electrons. The second-order valence-electron chi connectivity index (χ2n) is 7.08. The molecule has 2 aliphatic heterocycles. The van der Waals surface area contributed by atoms with E-state index < -0.39 is 0 Å². The largest absolute Gasteiger partial charge is 0.378 e. The van der Waals surface area contributed by atoms with E-state index >= 15 is 0 Å². The van der Waals surface area contributed by atoms with Gasteiger partial charge >= 0.3 is 0 Å². The molecule has 2 amide bonds. The summed E-state index contributed by atoms with van der Waals surface area (Å²) < 4.78 is 5.33. The smallest absolute Gasteiger partial charge is 0.264 e. The van der Waals surface area contributed by atoms with Crippen molar-refractivity contribution >= 4 is 23.2 Å². The number of hydrogen-bond donors (Lipinski definition) is 0. The summed E-state index contributed by atoms with van der Waals surface area (Å²) >= 11 is 1.53. The zero-order valence-corrected chi connectivity index (χ0v) is 16.3. The summed E-state index contributed by atoms with van der Waals surface area (Å²) in [5, 5.41) is 0. The van der Waals surface area contributed by atoms with Crippen molar-refractivity contribution in [3.63, 3.8) is 0 Å². The lowest BCUT2D eigenvalue weighted by atomic mass is 10.1. The molecule has 6 heteroatoms. The molecule has 27 heavy (non-hydrogen) atoms. The fraction of sp³-hybridized carbons (Fsp3) is 0.429. The zero-order chi connectivity index (χ0) is 18.8. The summed E-state index contributed by atoms with van der Waals surface area (Å²) in [7, 11) is 0. The molecule has 0 spiro atoms. The van der Waals surface area contributed by atoms with Gasteiger partial charge in [0.1, 0.15) is 0 Å². The normalized spacial score (nSPS) is 20.1. The Hall–Kier alpha value is -2.18. The summed E-state index contributed by atoms with van der Waals surface area (Å²) in [6, 6.07) is 11.7. The number of carbonyl (C=O) groups excluding carboxylic acids is 2. The van der Waals surface area contributed by atoms with Gasteiger partial charge < -0.3 is 14.5 Å². The van der Waals surface area contributed by atoms with E-state index in [-0.39, 0.29) is 17.9 Å². The third-order valence-electron chi connectivity index (χ3n) is 5.35. The molecule has 2 saturated heterocycles. The molecule has 0 N–H and O–H groups in total. The lowest BCUT2D eigenvalue weighted by Gasteiger charge is -2.26. The van der Waals surface area contributed by atoms with Crippen molar-refractivity contribution in [3.05, 3.63) is 57.3 Å². The van der Waals surface area contributed by atoms with Gasteiger partial charge in [-0.25, -0.2) is 0 Å². The van der Waals surface area contributed by atoms with Crippen LogP contribution in [0.25, 0.3) is 0 Å². The van der Waals surface area contributed by atoms with Crippen LogP contribution in [0.1, 0.15) is 49.4 Å². The maximum atomic E-state index is 13.1. The van der Waals surface area contributed by atoms with Crippen LogP contribution in [0.3, 0.4) is 0 Å². The van der Waals surface area contributed by atoms with Crippen LogP contribution in [0, 0.1) is 6.92 Å². The minimum absolute atomic E-state index is 0.0633. The Morgan fingerprint density at radius 1 is 1.04 bits per heavy atom. The van der Waals surface area contributed by atoms with Gasteiger partial charge in [-0.3, -0.25) is 9.59 Å². The highest BCUT2D eigenvalue weighted by atomic mass is 32.1. The molecule has 1 aromatic carbocycles. The summed E-state index contributed by atoms with van der Waals surface area (Å²) in [5.41, 5.74) is 1.77. The van der Waals surface area contributed by atoms with Crippen LogP contribution in [0.4, 0.5) is 0 Å². The Kier molecular flexibility index (Phi) is 5.27. The SMILES string of the molecule is Cc1ccccc1C(=O)N1CCC[C@@H]1c1ccc(C(=O)N2CCOCC2)s1. The van der Waals surface area contributed by atoms with Crippen LogP contribution in [-0.2, 0) is 4.74 Å². The summed E-state index contributed by atoms with van der Waals surface area (Å²) in [6.45, 7) is 5.24.